The van der Waals surface area contributed by atoms with Crippen molar-refractivity contribution >= 4 is 34.2 Å². The average Bonchev–Trinajstić information content (AvgIpc) is 2.56. The van der Waals surface area contributed by atoms with Gasteiger partial charge < -0.3 is 15.1 Å². The predicted octanol–water partition coefficient (Wildman–Crippen LogP) is 1.55. The molecule has 1 aliphatic rings. The molecule has 1 rings (SSSR count). The smallest absolute Gasteiger partial charge is 0.249 e. The van der Waals surface area contributed by atoms with Gasteiger partial charge >= 0.3 is 0 Å². The predicted molar refractivity (Wildman–Crippen MR) is 97.7 cm³/mol. The van der Waals surface area contributed by atoms with Crippen LogP contribution in [-0.4, -0.2) is 65.6 Å². The minimum Gasteiger partial charge on any atom is -0.350 e. The molecule has 3 amide bonds. The summed E-state index contributed by atoms with van der Waals surface area (Å²) in [7, 11) is 1.70. The summed E-state index contributed by atoms with van der Waals surface area (Å²) >= 11 is 3.59. The molecule has 0 radical (unpaired) electrons. The van der Waals surface area contributed by atoms with Gasteiger partial charge in [0.05, 0.1) is 12.6 Å². The van der Waals surface area contributed by atoms with Crippen LogP contribution in [0.5, 0.6) is 0 Å². The monoisotopic (exact) mass is 401 g/mol. The average molecular weight is 402 g/mol. The number of piperidine rings is 1. The van der Waals surface area contributed by atoms with Gasteiger partial charge in [0.25, 0.3) is 0 Å². The lowest BCUT2D eigenvalue weighted by Gasteiger charge is -2.32. The van der Waals surface area contributed by atoms with Crippen LogP contribution >= 0.6 is 15.9 Å². The third-order valence-corrected chi connectivity index (χ3v) is 5.25. The van der Waals surface area contributed by atoms with E-state index in [1.54, 1.807) is 18.9 Å². The van der Waals surface area contributed by atoms with Crippen LogP contribution in [0.3, 0.4) is 0 Å². The summed E-state index contributed by atoms with van der Waals surface area (Å²) < 4.78 is 0. The maximum Gasteiger partial charge on any atom is 0.249 e. The molecule has 7 heteroatoms. The number of nitrogens with one attached hydrogen (secondary N) is 1. The van der Waals surface area contributed by atoms with Crippen molar-refractivity contribution in [2.24, 2.45) is 5.92 Å². The lowest BCUT2D eigenvalue weighted by atomic mass is 9.99. The van der Waals surface area contributed by atoms with Crippen molar-refractivity contribution in [2.75, 3.05) is 26.7 Å². The van der Waals surface area contributed by atoms with Gasteiger partial charge in [-0.2, -0.15) is 0 Å². The second-order valence-electron chi connectivity index (χ2n) is 6.55. The second kappa shape index (κ2) is 9.81. The minimum absolute atomic E-state index is 0.0342. The van der Waals surface area contributed by atoms with Crippen LogP contribution in [0.15, 0.2) is 11.6 Å². The number of likely N-dealkylation sites (N-methyl/N-ethyl adjacent to an activating group) is 1. The summed E-state index contributed by atoms with van der Waals surface area (Å²) in [5, 5.41) is 2.38. The first-order valence-electron chi connectivity index (χ1n) is 8.32. The van der Waals surface area contributed by atoms with E-state index < -0.39 is 0 Å². The molecular formula is C17H28BrN3O3. The van der Waals surface area contributed by atoms with E-state index in [-0.39, 0.29) is 30.3 Å². The van der Waals surface area contributed by atoms with E-state index in [9.17, 15) is 14.4 Å². The lowest BCUT2D eigenvalue weighted by molar-refractivity contribution is -0.132. The highest BCUT2D eigenvalue weighted by Gasteiger charge is 2.25. The molecule has 0 aliphatic carbocycles. The van der Waals surface area contributed by atoms with Gasteiger partial charge in [0.1, 0.15) is 0 Å². The van der Waals surface area contributed by atoms with E-state index in [1.807, 2.05) is 24.8 Å². The standard InChI is InChI=1S/C17H28BrN3O3/c1-12(2)15(20(4)16(23)10-19-11-22)9-13(3)17(24)21-7-5-14(18)6-8-21/h9,11-12,14-15H,5-8,10H2,1-4H3,(H,19,22)/t15-/m1/s1. The molecule has 0 bridgehead atoms. The zero-order valence-electron chi connectivity index (χ0n) is 14.9. The highest BCUT2D eigenvalue weighted by atomic mass is 79.9. The molecule has 136 valence electrons. The molecule has 6 nitrogen and oxygen atoms in total. The first-order valence-corrected chi connectivity index (χ1v) is 9.24. The van der Waals surface area contributed by atoms with Crippen molar-refractivity contribution in [2.45, 2.75) is 44.5 Å². The van der Waals surface area contributed by atoms with Crippen LogP contribution in [0.25, 0.3) is 0 Å². The molecule has 0 aromatic rings. The fourth-order valence-corrected chi connectivity index (χ4v) is 3.21. The van der Waals surface area contributed by atoms with Gasteiger partial charge in [-0.15, -0.1) is 0 Å². The maximum absolute atomic E-state index is 12.6. The number of carbonyl (C=O) groups is 3. The molecule has 1 aliphatic heterocycles. The number of nitrogens with zero attached hydrogens (tertiary/aromatic N) is 2. The van der Waals surface area contributed by atoms with E-state index in [0.717, 1.165) is 25.9 Å². The minimum atomic E-state index is -0.191. The molecular weight excluding hydrogens is 374 g/mol. The summed E-state index contributed by atoms with van der Waals surface area (Å²) in [6, 6.07) is -0.191. The Labute approximate surface area is 152 Å². The molecule has 0 aromatic carbocycles. The normalized spacial score (nSPS) is 17.6. The fourth-order valence-electron chi connectivity index (χ4n) is 2.80. The van der Waals surface area contributed by atoms with Crippen LogP contribution in [0.2, 0.25) is 0 Å². The first-order chi connectivity index (χ1) is 11.3. The largest absolute Gasteiger partial charge is 0.350 e. The fraction of sp³-hybridized carbons (Fsp3) is 0.706. The first kappa shape index (κ1) is 20.7. The number of rotatable bonds is 7. The van der Waals surface area contributed by atoms with Gasteiger partial charge in [0, 0.05) is 30.5 Å². The molecule has 1 fully saturated rings. The van der Waals surface area contributed by atoms with E-state index in [2.05, 4.69) is 21.2 Å². The number of hydrogen-bond acceptors (Lipinski definition) is 3. The van der Waals surface area contributed by atoms with Gasteiger partial charge in [0.2, 0.25) is 18.2 Å². The van der Waals surface area contributed by atoms with Gasteiger partial charge in [0.15, 0.2) is 0 Å². The molecule has 0 unspecified atom stereocenters. The summed E-state index contributed by atoms with van der Waals surface area (Å²) in [5.41, 5.74) is 0.657. The van der Waals surface area contributed by atoms with Crippen molar-refractivity contribution in [3.8, 4) is 0 Å². The zero-order valence-corrected chi connectivity index (χ0v) is 16.5. The molecule has 0 saturated carbocycles. The van der Waals surface area contributed by atoms with Crippen molar-refractivity contribution in [1.82, 2.24) is 15.1 Å². The van der Waals surface area contributed by atoms with Crippen molar-refractivity contribution in [1.29, 1.82) is 0 Å². The highest BCUT2D eigenvalue weighted by Crippen LogP contribution is 2.20. The van der Waals surface area contributed by atoms with Crippen LogP contribution in [0.4, 0.5) is 0 Å². The number of carbonyl (C=O) groups excluding carboxylic acids is 3. The zero-order chi connectivity index (χ0) is 18.3. The van der Waals surface area contributed by atoms with Crippen molar-refractivity contribution in [3.05, 3.63) is 11.6 Å². The maximum atomic E-state index is 12.6. The van der Waals surface area contributed by atoms with E-state index in [4.69, 9.17) is 0 Å². The highest BCUT2D eigenvalue weighted by molar-refractivity contribution is 9.09. The molecule has 1 saturated heterocycles. The summed E-state index contributed by atoms with van der Waals surface area (Å²) in [6.45, 7) is 7.29. The summed E-state index contributed by atoms with van der Waals surface area (Å²) in [5.74, 6) is 0.00975. The Balaban J connectivity index is 2.80. The molecule has 1 atom stereocenters. The Morgan fingerprint density at radius 2 is 1.92 bits per heavy atom. The summed E-state index contributed by atoms with van der Waals surface area (Å²) in [6.07, 6.45) is 4.30. The topological polar surface area (TPSA) is 69.7 Å². The third-order valence-electron chi connectivity index (χ3n) is 4.33. The number of likely N-dealkylation sites (tertiary alicyclic amines) is 1. The number of halogens is 1. The van der Waals surface area contributed by atoms with Gasteiger partial charge in [-0.05, 0) is 25.7 Å². The second-order valence-corrected chi connectivity index (χ2v) is 7.85. The number of hydrogen-bond donors (Lipinski definition) is 1. The van der Waals surface area contributed by atoms with Crippen molar-refractivity contribution < 1.29 is 14.4 Å². The van der Waals surface area contributed by atoms with Crippen LogP contribution in [0, 0.1) is 5.92 Å². The number of amides is 3. The Hall–Kier alpha value is -1.37. The van der Waals surface area contributed by atoms with Gasteiger partial charge in [-0.3, -0.25) is 14.4 Å². The van der Waals surface area contributed by atoms with Crippen LogP contribution in [-0.2, 0) is 14.4 Å². The summed E-state index contributed by atoms with van der Waals surface area (Å²) in [4.78, 5) is 39.0. The van der Waals surface area contributed by atoms with E-state index in [0.29, 0.717) is 16.8 Å². The molecule has 1 N–H and O–H groups in total. The van der Waals surface area contributed by atoms with Crippen LogP contribution in [0.1, 0.15) is 33.6 Å². The Kier molecular flexibility index (Phi) is 8.45. The molecule has 0 spiro atoms. The van der Waals surface area contributed by atoms with E-state index in [1.165, 1.54) is 0 Å². The molecule has 0 aromatic heterocycles. The third kappa shape index (κ3) is 5.92. The quantitative estimate of drug-likeness (QED) is 0.399. The van der Waals surface area contributed by atoms with Crippen LogP contribution < -0.4 is 5.32 Å². The Morgan fingerprint density at radius 1 is 1.33 bits per heavy atom. The Bertz CT molecular complexity index is 485. The SMILES string of the molecule is CC(=C[C@H](C(C)C)N(C)C(=O)CNC=O)C(=O)N1CCC(Br)CC1. The number of alkyl halides is 1. The molecule has 24 heavy (non-hydrogen) atoms. The van der Waals surface area contributed by atoms with E-state index >= 15 is 0 Å². The molecule has 1 heterocycles. The lowest BCUT2D eigenvalue weighted by Crippen LogP contribution is -2.44. The Morgan fingerprint density at radius 3 is 2.42 bits per heavy atom. The van der Waals surface area contributed by atoms with Crippen molar-refractivity contribution in [3.63, 3.8) is 0 Å². The van der Waals surface area contributed by atoms with Gasteiger partial charge in [-0.1, -0.05) is 35.9 Å². The van der Waals surface area contributed by atoms with Gasteiger partial charge in [-0.25, -0.2) is 0 Å².